The highest BCUT2D eigenvalue weighted by molar-refractivity contribution is 7.89. The van der Waals surface area contributed by atoms with Crippen LogP contribution in [0.25, 0.3) is 10.8 Å². The zero-order valence-electron chi connectivity index (χ0n) is 18.9. The van der Waals surface area contributed by atoms with E-state index in [-0.39, 0.29) is 6.04 Å². The molecule has 30 heavy (non-hydrogen) atoms. The third kappa shape index (κ3) is 7.33. The van der Waals surface area contributed by atoms with Crippen molar-refractivity contribution in [2.45, 2.75) is 83.1 Å². The molecule has 2 aromatic rings. The standard InChI is InChI=1S/C24H39N3O2S/c1-4-6-8-10-16-26-21(3)20-27(18-11-9-7-5-2)30(28,29)24-14-12-13-22-19-25-17-15-23(22)24/h12-15,17,19,21,26H,4-11,16,18,20H2,1-3H3. The van der Waals surface area contributed by atoms with E-state index in [1.807, 2.05) is 12.1 Å². The summed E-state index contributed by atoms with van der Waals surface area (Å²) in [6.45, 7) is 8.45. The number of aromatic nitrogens is 1. The van der Waals surface area contributed by atoms with E-state index in [1.54, 1.807) is 28.8 Å². The van der Waals surface area contributed by atoms with Crippen LogP contribution in [0.4, 0.5) is 0 Å². The molecule has 1 aromatic heterocycles. The number of unbranched alkanes of at least 4 members (excludes halogenated alkanes) is 6. The number of sulfonamides is 1. The molecule has 0 aliphatic rings. The van der Waals surface area contributed by atoms with Crippen molar-refractivity contribution < 1.29 is 8.42 Å². The van der Waals surface area contributed by atoms with Crippen LogP contribution in [0.5, 0.6) is 0 Å². The Hall–Kier alpha value is -1.50. The molecule has 1 aromatic carbocycles. The van der Waals surface area contributed by atoms with Crippen molar-refractivity contribution in [1.29, 1.82) is 0 Å². The summed E-state index contributed by atoms with van der Waals surface area (Å²) in [5.41, 5.74) is 0. The molecule has 168 valence electrons. The highest BCUT2D eigenvalue weighted by Gasteiger charge is 2.27. The smallest absolute Gasteiger partial charge is 0.243 e. The maximum Gasteiger partial charge on any atom is 0.243 e. The fraction of sp³-hybridized carbons (Fsp3) is 0.625. The molecule has 0 spiro atoms. The molecule has 1 atom stereocenters. The highest BCUT2D eigenvalue weighted by atomic mass is 32.2. The van der Waals surface area contributed by atoms with Crippen LogP contribution < -0.4 is 5.32 Å². The van der Waals surface area contributed by atoms with Gasteiger partial charge in [0.2, 0.25) is 10.0 Å². The van der Waals surface area contributed by atoms with Gasteiger partial charge >= 0.3 is 0 Å². The van der Waals surface area contributed by atoms with Crippen LogP contribution in [-0.4, -0.2) is 43.4 Å². The zero-order chi connectivity index (χ0) is 21.8. The second-order valence-electron chi connectivity index (χ2n) is 8.19. The number of fused-ring (bicyclic) bond motifs is 1. The summed E-state index contributed by atoms with van der Waals surface area (Å²) < 4.78 is 29.0. The Morgan fingerprint density at radius 1 is 1.00 bits per heavy atom. The number of hydrogen-bond donors (Lipinski definition) is 1. The molecule has 1 unspecified atom stereocenters. The molecule has 0 aliphatic heterocycles. The summed E-state index contributed by atoms with van der Waals surface area (Å²) in [7, 11) is -3.58. The largest absolute Gasteiger partial charge is 0.313 e. The lowest BCUT2D eigenvalue weighted by molar-refractivity contribution is 0.353. The Labute approximate surface area is 183 Å². The van der Waals surface area contributed by atoms with Crippen molar-refractivity contribution in [2.75, 3.05) is 19.6 Å². The van der Waals surface area contributed by atoms with E-state index in [1.165, 1.54) is 19.3 Å². The first-order valence-electron chi connectivity index (χ1n) is 11.6. The lowest BCUT2D eigenvalue weighted by atomic mass is 10.2. The summed E-state index contributed by atoms with van der Waals surface area (Å²) in [5.74, 6) is 0. The third-order valence-corrected chi connectivity index (χ3v) is 7.44. The summed E-state index contributed by atoms with van der Waals surface area (Å²) in [6, 6.07) is 7.35. The van der Waals surface area contributed by atoms with Crippen LogP contribution in [0.3, 0.4) is 0 Å². The van der Waals surface area contributed by atoms with Crippen molar-refractivity contribution in [3.63, 3.8) is 0 Å². The van der Waals surface area contributed by atoms with E-state index >= 15 is 0 Å². The van der Waals surface area contributed by atoms with Gasteiger partial charge in [-0.05, 0) is 38.4 Å². The first-order valence-corrected chi connectivity index (χ1v) is 13.0. The number of nitrogens with zero attached hydrogens (tertiary/aromatic N) is 2. The van der Waals surface area contributed by atoms with Gasteiger partial charge in [-0.1, -0.05) is 64.5 Å². The number of nitrogens with one attached hydrogen (secondary N) is 1. The van der Waals surface area contributed by atoms with Crippen molar-refractivity contribution in [1.82, 2.24) is 14.6 Å². The first kappa shape index (κ1) is 24.8. The average molecular weight is 434 g/mol. The molecule has 0 saturated carbocycles. The van der Waals surface area contributed by atoms with Crippen LogP contribution in [0, 0.1) is 0 Å². The quantitative estimate of drug-likeness (QED) is 0.384. The van der Waals surface area contributed by atoms with Crippen LogP contribution in [-0.2, 0) is 10.0 Å². The molecule has 6 heteroatoms. The van der Waals surface area contributed by atoms with Gasteiger partial charge in [-0.3, -0.25) is 4.98 Å². The molecule has 0 radical (unpaired) electrons. The Morgan fingerprint density at radius 3 is 2.47 bits per heavy atom. The SMILES string of the molecule is CCCCCCNC(C)CN(CCCCCC)S(=O)(=O)c1cccc2cnccc12. The van der Waals surface area contributed by atoms with Gasteiger partial charge in [0.25, 0.3) is 0 Å². The molecule has 5 nitrogen and oxygen atoms in total. The number of benzene rings is 1. The van der Waals surface area contributed by atoms with E-state index in [4.69, 9.17) is 0 Å². The average Bonchev–Trinajstić information content (AvgIpc) is 2.75. The molecule has 0 bridgehead atoms. The maximum absolute atomic E-state index is 13.6. The van der Waals surface area contributed by atoms with Gasteiger partial charge in [0.1, 0.15) is 0 Å². The van der Waals surface area contributed by atoms with Gasteiger partial charge in [0.05, 0.1) is 4.90 Å². The van der Waals surface area contributed by atoms with Crippen LogP contribution in [0.1, 0.15) is 72.1 Å². The van der Waals surface area contributed by atoms with Crippen LogP contribution in [0.15, 0.2) is 41.6 Å². The number of rotatable bonds is 15. The summed E-state index contributed by atoms with van der Waals surface area (Å²) in [4.78, 5) is 4.52. The van der Waals surface area contributed by atoms with E-state index in [9.17, 15) is 8.42 Å². The van der Waals surface area contributed by atoms with Crippen molar-refractivity contribution in [3.8, 4) is 0 Å². The lowest BCUT2D eigenvalue weighted by Gasteiger charge is -2.26. The second kappa shape index (κ2) is 13.0. The number of pyridine rings is 1. The summed E-state index contributed by atoms with van der Waals surface area (Å²) in [5, 5.41) is 5.11. The van der Waals surface area contributed by atoms with E-state index < -0.39 is 10.0 Å². The number of hydrogen-bond acceptors (Lipinski definition) is 4. The topological polar surface area (TPSA) is 62.3 Å². The van der Waals surface area contributed by atoms with E-state index in [2.05, 4.69) is 31.1 Å². The van der Waals surface area contributed by atoms with E-state index in [0.717, 1.165) is 49.4 Å². The summed E-state index contributed by atoms with van der Waals surface area (Å²) in [6.07, 6.45) is 12.4. The van der Waals surface area contributed by atoms with E-state index in [0.29, 0.717) is 18.0 Å². The molecule has 0 fully saturated rings. The first-order chi connectivity index (χ1) is 14.5. The highest BCUT2D eigenvalue weighted by Crippen LogP contribution is 2.25. The fourth-order valence-corrected chi connectivity index (χ4v) is 5.53. The maximum atomic E-state index is 13.6. The predicted octanol–water partition coefficient (Wildman–Crippen LogP) is 5.36. The lowest BCUT2D eigenvalue weighted by Crippen LogP contribution is -2.43. The van der Waals surface area contributed by atoms with Gasteiger partial charge in [-0.15, -0.1) is 0 Å². The minimum atomic E-state index is -3.58. The normalized spacial score (nSPS) is 13.2. The minimum absolute atomic E-state index is 0.115. The third-order valence-electron chi connectivity index (χ3n) is 5.52. The zero-order valence-corrected chi connectivity index (χ0v) is 19.8. The van der Waals surface area contributed by atoms with Gasteiger partial charge in [-0.2, -0.15) is 4.31 Å². The Kier molecular flexibility index (Phi) is 10.8. The molecular formula is C24H39N3O2S. The Bertz CT molecular complexity index is 849. The molecule has 0 saturated heterocycles. The molecule has 2 rings (SSSR count). The molecular weight excluding hydrogens is 394 g/mol. The van der Waals surface area contributed by atoms with Gasteiger partial charge < -0.3 is 5.32 Å². The van der Waals surface area contributed by atoms with Crippen LogP contribution >= 0.6 is 0 Å². The Morgan fingerprint density at radius 2 is 1.73 bits per heavy atom. The molecule has 1 N–H and O–H groups in total. The molecule has 0 amide bonds. The van der Waals surface area contributed by atoms with Crippen molar-refractivity contribution in [2.24, 2.45) is 0 Å². The summed E-state index contributed by atoms with van der Waals surface area (Å²) >= 11 is 0. The minimum Gasteiger partial charge on any atom is -0.313 e. The molecule has 0 aliphatic carbocycles. The van der Waals surface area contributed by atoms with Gasteiger partial charge in [0.15, 0.2) is 0 Å². The van der Waals surface area contributed by atoms with Crippen molar-refractivity contribution >= 4 is 20.8 Å². The van der Waals surface area contributed by atoms with Gasteiger partial charge in [-0.25, -0.2) is 8.42 Å². The monoisotopic (exact) mass is 433 g/mol. The van der Waals surface area contributed by atoms with Gasteiger partial charge in [0, 0.05) is 42.3 Å². The predicted molar refractivity (Wildman–Crippen MR) is 126 cm³/mol. The molecule has 1 heterocycles. The van der Waals surface area contributed by atoms with Crippen molar-refractivity contribution in [3.05, 3.63) is 36.7 Å². The second-order valence-corrected chi connectivity index (χ2v) is 10.1. The fourth-order valence-electron chi connectivity index (χ4n) is 3.75. The van der Waals surface area contributed by atoms with Crippen LogP contribution in [0.2, 0.25) is 0 Å². The Balaban J connectivity index is 2.15.